The molecule has 0 radical (unpaired) electrons. The van der Waals surface area contributed by atoms with Crippen LogP contribution in [0.1, 0.15) is 76.6 Å². The fourth-order valence-electron chi connectivity index (χ4n) is 7.24. The molecule has 7 heteroatoms. The van der Waals surface area contributed by atoms with Crippen molar-refractivity contribution in [1.82, 2.24) is 25.2 Å². The molecule has 0 spiro atoms. The number of rotatable bonds is 3. The van der Waals surface area contributed by atoms with Gasteiger partial charge >= 0.3 is 0 Å². The maximum absolute atomic E-state index is 13.4. The van der Waals surface area contributed by atoms with Gasteiger partial charge in [0.15, 0.2) is 0 Å². The zero-order chi connectivity index (χ0) is 21.4. The van der Waals surface area contributed by atoms with Crippen molar-refractivity contribution in [2.75, 3.05) is 0 Å². The third-order valence-corrected chi connectivity index (χ3v) is 7.89. The first-order valence-corrected chi connectivity index (χ1v) is 11.3. The van der Waals surface area contributed by atoms with Crippen molar-refractivity contribution in [3.8, 4) is 0 Å². The van der Waals surface area contributed by atoms with E-state index in [1.807, 2.05) is 19.1 Å². The Labute approximate surface area is 181 Å². The first kappa shape index (κ1) is 18.9. The van der Waals surface area contributed by atoms with Crippen LogP contribution in [0.3, 0.4) is 0 Å². The summed E-state index contributed by atoms with van der Waals surface area (Å²) in [7, 11) is 0. The molecule has 0 saturated heterocycles. The van der Waals surface area contributed by atoms with Gasteiger partial charge in [-0.15, -0.1) is 0 Å². The first-order valence-electron chi connectivity index (χ1n) is 11.3. The topological polar surface area (TPSA) is 88.1 Å². The van der Waals surface area contributed by atoms with Gasteiger partial charge in [-0.05, 0) is 82.4 Å². The molecule has 2 aromatic heterocycles. The fourth-order valence-corrected chi connectivity index (χ4v) is 7.24. The highest BCUT2D eigenvalue weighted by Gasteiger charge is 2.61. The van der Waals surface area contributed by atoms with Gasteiger partial charge in [0.25, 0.3) is 11.8 Å². The summed E-state index contributed by atoms with van der Waals surface area (Å²) in [5.74, 6) is 1.66. The van der Waals surface area contributed by atoms with Gasteiger partial charge in [-0.25, -0.2) is 9.97 Å². The minimum Gasteiger partial charge on any atom is -0.345 e. The lowest BCUT2D eigenvalue weighted by atomic mass is 9.49. The van der Waals surface area contributed by atoms with Crippen molar-refractivity contribution >= 4 is 11.8 Å². The second kappa shape index (κ2) is 6.34. The minimum atomic E-state index is -0.265. The number of carbonyl (C=O) groups excluding carboxylic acids is 2. The summed E-state index contributed by atoms with van der Waals surface area (Å²) in [6.07, 6.45) is 7.72. The number of carbonyl (C=O) groups is 2. The van der Waals surface area contributed by atoms with Gasteiger partial charge in [0.1, 0.15) is 11.5 Å². The summed E-state index contributed by atoms with van der Waals surface area (Å²) in [6.45, 7) is 4.35. The number of aryl methyl sites for hydroxylation is 2. The van der Waals surface area contributed by atoms with Crippen LogP contribution in [0, 0.1) is 25.7 Å². The van der Waals surface area contributed by atoms with Crippen molar-refractivity contribution < 1.29 is 9.59 Å². The highest BCUT2D eigenvalue weighted by atomic mass is 16.2. The van der Waals surface area contributed by atoms with Gasteiger partial charge < -0.3 is 10.2 Å². The monoisotopic (exact) mass is 417 g/mol. The van der Waals surface area contributed by atoms with E-state index in [0.717, 1.165) is 49.1 Å². The SMILES string of the molecule is Cc1ccc2c(n1)CN(C13CC4CC(CC(NC(=O)c5ccnc(C)n5)(C4)C1)C3)C2=O. The van der Waals surface area contributed by atoms with Crippen LogP contribution >= 0.6 is 0 Å². The number of fused-ring (bicyclic) bond motifs is 1. The van der Waals surface area contributed by atoms with Crippen LogP contribution in [-0.4, -0.2) is 42.7 Å². The van der Waals surface area contributed by atoms with Crippen LogP contribution in [0.4, 0.5) is 0 Å². The number of amides is 2. The lowest BCUT2D eigenvalue weighted by molar-refractivity contribution is -0.0940. The molecule has 4 fully saturated rings. The molecule has 1 N–H and O–H groups in total. The van der Waals surface area contributed by atoms with E-state index in [1.54, 1.807) is 19.2 Å². The summed E-state index contributed by atoms with van der Waals surface area (Å²) < 4.78 is 0. The van der Waals surface area contributed by atoms with Gasteiger partial charge in [-0.1, -0.05) is 0 Å². The quantitative estimate of drug-likeness (QED) is 0.830. The molecule has 31 heavy (non-hydrogen) atoms. The van der Waals surface area contributed by atoms with E-state index in [1.165, 1.54) is 6.42 Å². The standard InChI is InChI=1S/C24H27N5O2/c1-14-3-4-18-20(26-14)12-29(22(18)31)24-10-16-7-17(11-24)9-23(8-16,13-24)28-21(30)19-5-6-25-15(2)27-19/h3-6,16-17H,7-13H2,1-2H3,(H,28,30). The second-order valence-corrected chi connectivity index (χ2v) is 10.2. The van der Waals surface area contributed by atoms with Crippen molar-refractivity contribution in [3.63, 3.8) is 0 Å². The number of hydrogen-bond donors (Lipinski definition) is 1. The molecular weight excluding hydrogens is 390 g/mol. The number of hydrogen-bond acceptors (Lipinski definition) is 5. The third kappa shape index (κ3) is 2.89. The molecule has 1 aliphatic heterocycles. The smallest absolute Gasteiger partial charge is 0.270 e. The Morgan fingerprint density at radius 2 is 1.87 bits per heavy atom. The largest absolute Gasteiger partial charge is 0.345 e. The van der Waals surface area contributed by atoms with E-state index in [9.17, 15) is 9.59 Å². The van der Waals surface area contributed by atoms with Crippen molar-refractivity contribution in [3.05, 3.63) is 52.9 Å². The Bertz CT molecular complexity index is 1100. The molecule has 4 aliphatic carbocycles. The van der Waals surface area contributed by atoms with Gasteiger partial charge in [0.2, 0.25) is 0 Å². The predicted molar refractivity (Wildman–Crippen MR) is 113 cm³/mol. The summed E-state index contributed by atoms with van der Waals surface area (Å²) >= 11 is 0. The van der Waals surface area contributed by atoms with Gasteiger partial charge in [-0.3, -0.25) is 14.6 Å². The predicted octanol–water partition coefficient (Wildman–Crippen LogP) is 2.97. The molecule has 7 rings (SSSR count). The Kier molecular flexibility index (Phi) is 3.87. The van der Waals surface area contributed by atoms with E-state index in [0.29, 0.717) is 29.9 Å². The Morgan fingerprint density at radius 1 is 1.10 bits per heavy atom. The fraction of sp³-hybridized carbons (Fsp3) is 0.542. The van der Waals surface area contributed by atoms with E-state index < -0.39 is 0 Å². The van der Waals surface area contributed by atoms with Crippen LogP contribution in [0.25, 0.3) is 0 Å². The van der Waals surface area contributed by atoms with Crippen LogP contribution in [0.5, 0.6) is 0 Å². The zero-order valence-electron chi connectivity index (χ0n) is 18.0. The normalized spacial score (nSPS) is 33.0. The molecule has 2 unspecified atom stereocenters. The van der Waals surface area contributed by atoms with E-state index in [2.05, 4.69) is 25.2 Å². The summed E-state index contributed by atoms with van der Waals surface area (Å²) in [5, 5.41) is 3.38. The maximum Gasteiger partial charge on any atom is 0.270 e. The lowest BCUT2D eigenvalue weighted by Gasteiger charge is -2.64. The van der Waals surface area contributed by atoms with E-state index >= 15 is 0 Å². The zero-order valence-corrected chi connectivity index (χ0v) is 18.0. The maximum atomic E-state index is 13.4. The Hall–Kier alpha value is -2.83. The van der Waals surface area contributed by atoms with Crippen LogP contribution in [0.2, 0.25) is 0 Å². The Balaban J connectivity index is 1.31. The molecule has 2 atom stereocenters. The lowest BCUT2D eigenvalue weighted by Crippen LogP contribution is -2.69. The average molecular weight is 418 g/mol. The minimum absolute atomic E-state index is 0.109. The Morgan fingerprint density at radius 3 is 2.61 bits per heavy atom. The highest BCUT2D eigenvalue weighted by molar-refractivity contribution is 5.98. The molecule has 3 heterocycles. The van der Waals surface area contributed by atoms with Crippen LogP contribution in [-0.2, 0) is 6.54 Å². The van der Waals surface area contributed by atoms with Crippen molar-refractivity contribution in [2.24, 2.45) is 11.8 Å². The molecule has 4 bridgehead atoms. The highest BCUT2D eigenvalue weighted by Crippen LogP contribution is 2.60. The van der Waals surface area contributed by atoms with Gasteiger partial charge in [0, 0.05) is 23.0 Å². The van der Waals surface area contributed by atoms with Crippen molar-refractivity contribution in [1.29, 1.82) is 0 Å². The summed E-state index contributed by atoms with van der Waals surface area (Å²) in [6, 6.07) is 5.52. The molecule has 2 amide bonds. The van der Waals surface area contributed by atoms with E-state index in [4.69, 9.17) is 0 Å². The van der Waals surface area contributed by atoms with Crippen molar-refractivity contribution in [2.45, 2.75) is 70.0 Å². The molecule has 2 aromatic rings. The number of pyridine rings is 1. The molecule has 160 valence electrons. The third-order valence-electron chi connectivity index (χ3n) is 7.89. The number of aromatic nitrogens is 3. The molecular formula is C24H27N5O2. The molecule has 0 aromatic carbocycles. The van der Waals surface area contributed by atoms with Gasteiger partial charge in [0.05, 0.1) is 17.8 Å². The summed E-state index contributed by atoms with van der Waals surface area (Å²) in [4.78, 5) is 41.7. The summed E-state index contributed by atoms with van der Waals surface area (Å²) in [5.41, 5.74) is 2.55. The van der Waals surface area contributed by atoms with Crippen LogP contribution < -0.4 is 5.32 Å². The molecule has 4 saturated carbocycles. The number of nitrogens with one attached hydrogen (secondary N) is 1. The van der Waals surface area contributed by atoms with Crippen LogP contribution in [0.15, 0.2) is 24.4 Å². The number of nitrogens with zero attached hydrogens (tertiary/aromatic N) is 4. The first-order chi connectivity index (χ1) is 14.8. The van der Waals surface area contributed by atoms with Gasteiger partial charge in [-0.2, -0.15) is 0 Å². The molecule has 7 nitrogen and oxygen atoms in total. The molecule has 5 aliphatic rings. The van der Waals surface area contributed by atoms with E-state index in [-0.39, 0.29) is 22.9 Å². The average Bonchev–Trinajstić information content (AvgIpc) is 3.03. The second-order valence-electron chi connectivity index (χ2n) is 10.2.